The molecule has 1 atom stereocenters. The summed E-state index contributed by atoms with van der Waals surface area (Å²) in [6.45, 7) is 7.43. The van der Waals surface area contributed by atoms with E-state index >= 15 is 0 Å². The summed E-state index contributed by atoms with van der Waals surface area (Å²) in [6.07, 6.45) is 0.217. The second kappa shape index (κ2) is 5.14. The van der Waals surface area contributed by atoms with Gasteiger partial charge in [0, 0.05) is 24.7 Å². The maximum atomic E-state index is 5.36. The minimum absolute atomic E-state index is 0.217. The molecule has 4 nitrogen and oxygen atoms in total. The van der Waals surface area contributed by atoms with Gasteiger partial charge in [0.05, 0.1) is 6.10 Å². The fourth-order valence-corrected chi connectivity index (χ4v) is 1.52. The first-order valence-corrected chi connectivity index (χ1v) is 5.15. The normalized spacial score (nSPS) is 12.8. The quantitative estimate of drug-likeness (QED) is 0.787. The highest BCUT2D eigenvalue weighted by Gasteiger charge is 2.03. The summed E-state index contributed by atoms with van der Waals surface area (Å²) in [7, 11) is 0. The molecule has 13 heavy (non-hydrogen) atoms. The Labute approximate surface area is 82.5 Å². The first kappa shape index (κ1) is 10.4. The molecule has 0 saturated heterocycles. The van der Waals surface area contributed by atoms with Gasteiger partial charge < -0.3 is 10.1 Å². The number of aryl methyl sites for hydroxylation is 1. The maximum absolute atomic E-state index is 5.36. The molecule has 0 amide bonds. The number of rotatable bonds is 5. The summed E-state index contributed by atoms with van der Waals surface area (Å²) in [5.74, 6) is 0.816. The lowest BCUT2D eigenvalue weighted by Gasteiger charge is -2.10. The average Bonchev–Trinajstić information content (AvgIpc) is 2.49. The standard InChI is InChI=1S/C8H15N3OS/c1-4-12-6(2)5-9-8-10-7(3)11-13-8/h6H,4-5H2,1-3H3,(H,9,10,11). The van der Waals surface area contributed by atoms with Crippen LogP contribution < -0.4 is 5.32 Å². The molecule has 1 N–H and O–H groups in total. The Morgan fingerprint density at radius 1 is 1.62 bits per heavy atom. The van der Waals surface area contributed by atoms with Gasteiger partial charge in [-0.15, -0.1) is 0 Å². The molecule has 5 heteroatoms. The van der Waals surface area contributed by atoms with Crippen LogP contribution in [0, 0.1) is 6.92 Å². The fraction of sp³-hybridized carbons (Fsp3) is 0.750. The van der Waals surface area contributed by atoms with Crippen LogP contribution in [0.15, 0.2) is 0 Å². The van der Waals surface area contributed by atoms with Crippen LogP contribution in [-0.4, -0.2) is 28.6 Å². The molecule has 1 rings (SSSR count). The van der Waals surface area contributed by atoms with Crippen LogP contribution in [0.5, 0.6) is 0 Å². The van der Waals surface area contributed by atoms with Gasteiger partial charge in [-0.3, -0.25) is 0 Å². The van der Waals surface area contributed by atoms with Crippen molar-refractivity contribution in [3.05, 3.63) is 5.82 Å². The Morgan fingerprint density at radius 2 is 2.38 bits per heavy atom. The van der Waals surface area contributed by atoms with Gasteiger partial charge in [0.2, 0.25) is 5.13 Å². The van der Waals surface area contributed by atoms with Crippen molar-refractivity contribution in [2.24, 2.45) is 0 Å². The first-order chi connectivity index (χ1) is 6.22. The topological polar surface area (TPSA) is 47.0 Å². The van der Waals surface area contributed by atoms with E-state index in [1.165, 1.54) is 11.5 Å². The predicted molar refractivity (Wildman–Crippen MR) is 54.2 cm³/mol. The van der Waals surface area contributed by atoms with E-state index in [1.807, 2.05) is 20.8 Å². The van der Waals surface area contributed by atoms with Crippen molar-refractivity contribution in [2.75, 3.05) is 18.5 Å². The molecule has 1 heterocycles. The summed E-state index contributed by atoms with van der Waals surface area (Å²) in [6, 6.07) is 0. The van der Waals surface area contributed by atoms with E-state index in [0.717, 1.165) is 24.1 Å². The third-order valence-corrected chi connectivity index (χ3v) is 2.28. The number of aromatic nitrogens is 2. The van der Waals surface area contributed by atoms with Crippen molar-refractivity contribution in [1.82, 2.24) is 9.36 Å². The third-order valence-electron chi connectivity index (χ3n) is 1.52. The number of hydrogen-bond donors (Lipinski definition) is 1. The van der Waals surface area contributed by atoms with Crippen LogP contribution in [0.2, 0.25) is 0 Å². The molecule has 0 aliphatic heterocycles. The van der Waals surface area contributed by atoms with E-state index in [1.54, 1.807) is 0 Å². The summed E-state index contributed by atoms with van der Waals surface area (Å²) in [5, 5.41) is 4.03. The molecule has 0 saturated carbocycles. The van der Waals surface area contributed by atoms with Gasteiger partial charge in [0.25, 0.3) is 0 Å². The van der Waals surface area contributed by atoms with E-state index in [2.05, 4.69) is 14.7 Å². The van der Waals surface area contributed by atoms with Crippen molar-refractivity contribution in [1.29, 1.82) is 0 Å². The molecule has 1 aromatic rings. The molecule has 0 aliphatic rings. The lowest BCUT2D eigenvalue weighted by atomic mass is 10.4. The summed E-state index contributed by atoms with van der Waals surface area (Å²) < 4.78 is 9.43. The van der Waals surface area contributed by atoms with Crippen LogP contribution in [0.1, 0.15) is 19.7 Å². The van der Waals surface area contributed by atoms with Gasteiger partial charge in [-0.05, 0) is 20.8 Å². The SMILES string of the molecule is CCOC(C)CNc1nc(C)ns1. The minimum atomic E-state index is 0.217. The molecule has 0 spiro atoms. The van der Waals surface area contributed by atoms with E-state index in [9.17, 15) is 0 Å². The van der Waals surface area contributed by atoms with Gasteiger partial charge in [0.15, 0.2) is 0 Å². The summed E-state index contributed by atoms with van der Waals surface area (Å²) >= 11 is 1.38. The van der Waals surface area contributed by atoms with Crippen molar-refractivity contribution in [3.8, 4) is 0 Å². The summed E-state index contributed by atoms with van der Waals surface area (Å²) in [4.78, 5) is 4.18. The first-order valence-electron chi connectivity index (χ1n) is 4.38. The largest absolute Gasteiger partial charge is 0.377 e. The minimum Gasteiger partial charge on any atom is -0.377 e. The second-order valence-electron chi connectivity index (χ2n) is 2.79. The number of ether oxygens (including phenoxy) is 1. The predicted octanol–water partition coefficient (Wildman–Crippen LogP) is 1.68. The van der Waals surface area contributed by atoms with Crippen molar-refractivity contribution < 1.29 is 4.74 Å². The van der Waals surface area contributed by atoms with E-state index in [4.69, 9.17) is 4.74 Å². The number of anilines is 1. The van der Waals surface area contributed by atoms with E-state index < -0.39 is 0 Å². The Kier molecular flexibility index (Phi) is 4.11. The van der Waals surface area contributed by atoms with Gasteiger partial charge in [-0.25, -0.2) is 4.98 Å². The Morgan fingerprint density at radius 3 is 2.92 bits per heavy atom. The molecule has 0 aliphatic carbocycles. The van der Waals surface area contributed by atoms with Gasteiger partial charge in [-0.1, -0.05) is 0 Å². The molecule has 0 aromatic carbocycles. The van der Waals surface area contributed by atoms with Gasteiger partial charge in [-0.2, -0.15) is 4.37 Å². The molecule has 0 radical (unpaired) electrons. The van der Waals surface area contributed by atoms with Crippen molar-refractivity contribution >= 4 is 16.7 Å². The highest BCUT2D eigenvalue weighted by molar-refractivity contribution is 7.09. The lowest BCUT2D eigenvalue weighted by Crippen LogP contribution is -2.19. The van der Waals surface area contributed by atoms with E-state index in [0.29, 0.717) is 0 Å². The Bertz CT molecular complexity index is 251. The molecular weight excluding hydrogens is 186 g/mol. The smallest absolute Gasteiger partial charge is 0.202 e. The maximum Gasteiger partial charge on any atom is 0.202 e. The number of nitrogens with one attached hydrogen (secondary N) is 1. The van der Waals surface area contributed by atoms with Crippen molar-refractivity contribution in [3.63, 3.8) is 0 Å². The Balaban J connectivity index is 2.26. The van der Waals surface area contributed by atoms with Crippen LogP contribution in [0.3, 0.4) is 0 Å². The summed E-state index contributed by atoms with van der Waals surface area (Å²) in [5.41, 5.74) is 0. The molecular formula is C8H15N3OS. The zero-order valence-corrected chi connectivity index (χ0v) is 9.02. The van der Waals surface area contributed by atoms with Crippen LogP contribution >= 0.6 is 11.5 Å². The zero-order chi connectivity index (χ0) is 9.68. The highest BCUT2D eigenvalue weighted by atomic mass is 32.1. The second-order valence-corrected chi connectivity index (χ2v) is 3.55. The highest BCUT2D eigenvalue weighted by Crippen LogP contribution is 2.09. The molecule has 1 unspecified atom stereocenters. The average molecular weight is 201 g/mol. The van der Waals surface area contributed by atoms with Crippen LogP contribution in [-0.2, 0) is 4.74 Å². The van der Waals surface area contributed by atoms with E-state index in [-0.39, 0.29) is 6.10 Å². The number of nitrogens with zero attached hydrogens (tertiary/aromatic N) is 2. The van der Waals surface area contributed by atoms with Crippen LogP contribution in [0.4, 0.5) is 5.13 Å². The molecule has 74 valence electrons. The lowest BCUT2D eigenvalue weighted by molar-refractivity contribution is 0.0855. The third kappa shape index (κ3) is 3.69. The van der Waals surface area contributed by atoms with Crippen molar-refractivity contribution in [2.45, 2.75) is 26.9 Å². The Hall–Kier alpha value is -0.680. The van der Waals surface area contributed by atoms with Crippen LogP contribution in [0.25, 0.3) is 0 Å². The molecule has 1 aromatic heterocycles. The molecule has 0 bridgehead atoms. The molecule has 0 fully saturated rings. The fourth-order valence-electron chi connectivity index (χ4n) is 0.943. The zero-order valence-electron chi connectivity index (χ0n) is 8.20. The van der Waals surface area contributed by atoms with Gasteiger partial charge in [0.1, 0.15) is 5.82 Å². The number of hydrogen-bond acceptors (Lipinski definition) is 5. The van der Waals surface area contributed by atoms with Gasteiger partial charge >= 0.3 is 0 Å². The monoisotopic (exact) mass is 201 g/mol.